The molecule has 0 N–H and O–H groups in total. The summed E-state index contributed by atoms with van der Waals surface area (Å²) in [6.07, 6.45) is 0.962. The summed E-state index contributed by atoms with van der Waals surface area (Å²) >= 11 is 0. The zero-order chi connectivity index (χ0) is 16.7. The van der Waals surface area contributed by atoms with E-state index in [-0.39, 0.29) is 17.2 Å². The van der Waals surface area contributed by atoms with Crippen LogP contribution >= 0.6 is 0 Å². The molecule has 0 amide bonds. The van der Waals surface area contributed by atoms with Gasteiger partial charge in [-0.1, -0.05) is 12.1 Å². The van der Waals surface area contributed by atoms with Gasteiger partial charge in [0.05, 0.1) is 16.9 Å². The van der Waals surface area contributed by atoms with Gasteiger partial charge in [0.25, 0.3) is 0 Å². The Morgan fingerprint density at radius 1 is 1.09 bits per heavy atom. The third kappa shape index (κ3) is 3.35. The average Bonchev–Trinajstić information content (AvgIpc) is 2.75. The molecule has 1 aliphatic heterocycles. The van der Waals surface area contributed by atoms with Crippen molar-refractivity contribution in [2.24, 2.45) is 5.92 Å². The van der Waals surface area contributed by atoms with Gasteiger partial charge >= 0.3 is 0 Å². The van der Waals surface area contributed by atoms with Gasteiger partial charge in [-0.2, -0.15) is 0 Å². The molecule has 2 atom stereocenters. The van der Waals surface area contributed by atoms with Crippen LogP contribution in [-0.4, -0.2) is 45.6 Å². The van der Waals surface area contributed by atoms with Crippen molar-refractivity contribution in [1.82, 2.24) is 19.9 Å². The molecule has 2 heterocycles. The maximum Gasteiger partial charge on any atom is 0.104 e. The SMILES string of the molecule is COC1c2c(nnn2C(C)(C)C)CCN(C(C)(C)C)CC1C. The largest absolute Gasteiger partial charge is 0.375 e. The molecule has 1 aromatic heterocycles. The fourth-order valence-corrected chi connectivity index (χ4v) is 3.28. The Balaban J connectivity index is 2.45. The van der Waals surface area contributed by atoms with Gasteiger partial charge in [0.15, 0.2) is 0 Å². The second-order valence-electron chi connectivity index (χ2n) is 8.50. The van der Waals surface area contributed by atoms with Crippen LogP contribution in [0.5, 0.6) is 0 Å². The van der Waals surface area contributed by atoms with E-state index < -0.39 is 0 Å². The van der Waals surface area contributed by atoms with Crippen LogP contribution in [0, 0.1) is 5.92 Å². The van der Waals surface area contributed by atoms with Gasteiger partial charge < -0.3 is 4.74 Å². The number of rotatable bonds is 1. The average molecular weight is 308 g/mol. The lowest BCUT2D eigenvalue weighted by Gasteiger charge is -2.40. The summed E-state index contributed by atoms with van der Waals surface area (Å²) in [5.41, 5.74) is 2.32. The number of nitrogens with zero attached hydrogens (tertiary/aromatic N) is 4. The van der Waals surface area contributed by atoms with Crippen LogP contribution in [0.4, 0.5) is 0 Å². The molecule has 22 heavy (non-hydrogen) atoms. The summed E-state index contributed by atoms with van der Waals surface area (Å²) in [6, 6.07) is 0. The number of hydrogen-bond donors (Lipinski definition) is 0. The third-order valence-corrected chi connectivity index (χ3v) is 4.53. The molecule has 126 valence electrons. The first-order valence-electron chi connectivity index (χ1n) is 8.28. The van der Waals surface area contributed by atoms with Gasteiger partial charge in [0.2, 0.25) is 0 Å². The molecule has 0 aliphatic carbocycles. The minimum atomic E-state index is -0.0833. The molecule has 0 fully saturated rings. The van der Waals surface area contributed by atoms with Crippen LogP contribution in [0.1, 0.15) is 66.0 Å². The zero-order valence-corrected chi connectivity index (χ0v) is 15.5. The first kappa shape index (κ1) is 17.4. The molecule has 0 spiro atoms. The smallest absolute Gasteiger partial charge is 0.104 e. The molecule has 2 unspecified atom stereocenters. The lowest BCUT2D eigenvalue weighted by atomic mass is 9.92. The standard InChI is InChI=1S/C17H32N4O/c1-12-11-20(16(2,3)4)10-9-13-14(15(12)22-8)21(19-18-13)17(5,6)7/h12,15H,9-11H2,1-8H3. The lowest BCUT2D eigenvalue weighted by molar-refractivity contribution is 0.0101. The van der Waals surface area contributed by atoms with Gasteiger partial charge in [-0.25, -0.2) is 4.68 Å². The van der Waals surface area contributed by atoms with E-state index in [4.69, 9.17) is 4.74 Å². The molecule has 0 bridgehead atoms. The van der Waals surface area contributed by atoms with Crippen molar-refractivity contribution in [3.63, 3.8) is 0 Å². The van der Waals surface area contributed by atoms with E-state index in [0.717, 1.165) is 30.9 Å². The Labute approximate surface area is 135 Å². The summed E-state index contributed by atoms with van der Waals surface area (Å²) < 4.78 is 7.95. The molecule has 0 saturated heterocycles. The highest BCUT2D eigenvalue weighted by Crippen LogP contribution is 2.34. The minimum absolute atomic E-state index is 0.0365. The summed E-state index contributed by atoms with van der Waals surface area (Å²) in [5, 5.41) is 8.92. The van der Waals surface area contributed by atoms with E-state index in [2.05, 4.69) is 68.4 Å². The van der Waals surface area contributed by atoms with E-state index in [1.807, 2.05) is 0 Å². The van der Waals surface area contributed by atoms with Gasteiger partial charge in [0, 0.05) is 38.1 Å². The van der Waals surface area contributed by atoms with Crippen molar-refractivity contribution in [1.29, 1.82) is 0 Å². The van der Waals surface area contributed by atoms with Crippen molar-refractivity contribution in [3.8, 4) is 0 Å². The molecule has 1 aromatic rings. The van der Waals surface area contributed by atoms with Crippen LogP contribution in [0.15, 0.2) is 0 Å². The van der Waals surface area contributed by atoms with Crippen molar-refractivity contribution in [3.05, 3.63) is 11.4 Å². The van der Waals surface area contributed by atoms with Crippen molar-refractivity contribution in [2.75, 3.05) is 20.2 Å². The van der Waals surface area contributed by atoms with Crippen molar-refractivity contribution < 1.29 is 4.74 Å². The second-order valence-corrected chi connectivity index (χ2v) is 8.50. The van der Waals surface area contributed by atoms with Gasteiger partial charge in [-0.05, 0) is 41.5 Å². The fourth-order valence-electron chi connectivity index (χ4n) is 3.28. The molecule has 0 saturated carbocycles. The molecule has 5 heteroatoms. The third-order valence-electron chi connectivity index (χ3n) is 4.53. The minimum Gasteiger partial charge on any atom is -0.375 e. The normalized spacial score (nSPS) is 24.7. The monoisotopic (exact) mass is 308 g/mol. The first-order valence-corrected chi connectivity index (χ1v) is 8.28. The number of fused-ring (bicyclic) bond motifs is 1. The van der Waals surface area contributed by atoms with Gasteiger partial charge in [-0.15, -0.1) is 5.10 Å². The van der Waals surface area contributed by atoms with E-state index in [0.29, 0.717) is 5.92 Å². The van der Waals surface area contributed by atoms with E-state index in [9.17, 15) is 0 Å². The Morgan fingerprint density at radius 3 is 2.23 bits per heavy atom. The second kappa shape index (κ2) is 5.93. The van der Waals surface area contributed by atoms with E-state index in [1.54, 1.807) is 7.11 Å². The molecular weight excluding hydrogens is 276 g/mol. The predicted molar refractivity (Wildman–Crippen MR) is 89.0 cm³/mol. The van der Waals surface area contributed by atoms with E-state index >= 15 is 0 Å². The van der Waals surface area contributed by atoms with Crippen LogP contribution in [-0.2, 0) is 16.7 Å². The highest BCUT2D eigenvalue weighted by Gasteiger charge is 2.35. The Kier molecular flexibility index (Phi) is 4.69. The van der Waals surface area contributed by atoms with Crippen LogP contribution in [0.25, 0.3) is 0 Å². The topological polar surface area (TPSA) is 43.2 Å². The van der Waals surface area contributed by atoms with E-state index in [1.165, 1.54) is 0 Å². The lowest BCUT2D eigenvalue weighted by Crippen LogP contribution is -2.47. The Bertz CT molecular complexity index is 510. The molecule has 2 rings (SSSR count). The fraction of sp³-hybridized carbons (Fsp3) is 0.882. The zero-order valence-electron chi connectivity index (χ0n) is 15.5. The van der Waals surface area contributed by atoms with Crippen molar-refractivity contribution >= 4 is 0 Å². The van der Waals surface area contributed by atoms with Gasteiger partial charge in [0.1, 0.15) is 6.10 Å². The number of aromatic nitrogens is 3. The van der Waals surface area contributed by atoms with Crippen LogP contribution < -0.4 is 0 Å². The number of hydrogen-bond acceptors (Lipinski definition) is 4. The highest BCUT2D eigenvalue weighted by molar-refractivity contribution is 5.18. The summed E-state index contributed by atoms with van der Waals surface area (Å²) in [4.78, 5) is 2.53. The maximum atomic E-state index is 5.89. The van der Waals surface area contributed by atoms with Crippen LogP contribution in [0.3, 0.4) is 0 Å². The molecule has 0 radical (unpaired) electrons. The highest BCUT2D eigenvalue weighted by atomic mass is 16.5. The number of methoxy groups -OCH3 is 1. The quantitative estimate of drug-likeness (QED) is 0.800. The molecule has 0 aromatic carbocycles. The first-order chi connectivity index (χ1) is 10.1. The molecule has 5 nitrogen and oxygen atoms in total. The predicted octanol–water partition coefficient (Wildman–Crippen LogP) is 3.01. The van der Waals surface area contributed by atoms with Gasteiger partial charge in [-0.3, -0.25) is 4.90 Å². The molecule has 1 aliphatic rings. The van der Waals surface area contributed by atoms with Crippen LogP contribution in [0.2, 0.25) is 0 Å². The maximum absolute atomic E-state index is 5.89. The number of ether oxygens (including phenoxy) is 1. The summed E-state index contributed by atoms with van der Waals surface area (Å²) in [7, 11) is 1.80. The Hall–Kier alpha value is -0.940. The van der Waals surface area contributed by atoms with Crippen molar-refractivity contribution in [2.45, 2.75) is 72.1 Å². The Morgan fingerprint density at radius 2 is 1.73 bits per heavy atom. The summed E-state index contributed by atoms with van der Waals surface area (Å²) in [6.45, 7) is 17.6. The summed E-state index contributed by atoms with van der Waals surface area (Å²) in [5.74, 6) is 0.392. The molecular formula is C17H32N4O.